The van der Waals surface area contributed by atoms with Crippen LogP contribution in [-0.4, -0.2) is 11.7 Å². The molecule has 21 heavy (non-hydrogen) atoms. The van der Waals surface area contributed by atoms with Gasteiger partial charge >= 0.3 is 0 Å². The molecule has 0 spiro atoms. The molecule has 3 heteroatoms. The molecule has 3 unspecified atom stereocenters. The van der Waals surface area contributed by atoms with Crippen LogP contribution >= 0.6 is 0 Å². The third-order valence-electron chi connectivity index (χ3n) is 5.40. The van der Waals surface area contributed by atoms with Crippen LogP contribution < -0.4 is 5.73 Å². The van der Waals surface area contributed by atoms with E-state index in [4.69, 9.17) is 10.2 Å². The Kier molecular flexibility index (Phi) is 3.80. The van der Waals surface area contributed by atoms with Crippen molar-refractivity contribution >= 4 is 11.0 Å². The number of hydrogen-bond acceptors (Lipinski definition) is 3. The van der Waals surface area contributed by atoms with E-state index in [0.717, 1.165) is 35.1 Å². The van der Waals surface area contributed by atoms with Crippen molar-refractivity contribution in [2.75, 3.05) is 6.54 Å². The summed E-state index contributed by atoms with van der Waals surface area (Å²) in [5.74, 6) is 1.50. The fraction of sp³-hybridized carbons (Fsp3) is 0.556. The molecule has 114 valence electrons. The van der Waals surface area contributed by atoms with E-state index in [1.54, 1.807) is 0 Å². The number of benzene rings is 1. The lowest BCUT2D eigenvalue weighted by atomic mass is 9.76. The second kappa shape index (κ2) is 5.47. The monoisotopic (exact) mass is 287 g/mol. The van der Waals surface area contributed by atoms with Crippen LogP contribution in [0.1, 0.15) is 50.0 Å². The minimum Gasteiger partial charge on any atom is -0.461 e. The molecular weight excluding hydrogens is 262 g/mol. The predicted octanol–water partition coefficient (Wildman–Crippen LogP) is 3.93. The molecule has 1 heterocycles. The van der Waals surface area contributed by atoms with Crippen molar-refractivity contribution < 1.29 is 9.52 Å². The Morgan fingerprint density at radius 3 is 2.86 bits per heavy atom. The lowest BCUT2D eigenvalue weighted by molar-refractivity contribution is 0.0300. The number of nitrogens with two attached hydrogens (primary N) is 1. The summed E-state index contributed by atoms with van der Waals surface area (Å²) < 4.78 is 5.82. The second-order valence-corrected chi connectivity index (χ2v) is 6.55. The zero-order chi connectivity index (χ0) is 15.0. The minimum absolute atomic E-state index is 0.196. The molecule has 3 rings (SSSR count). The summed E-state index contributed by atoms with van der Waals surface area (Å²) in [4.78, 5) is 0. The molecule has 1 aromatic heterocycles. The van der Waals surface area contributed by atoms with Gasteiger partial charge in [0, 0.05) is 22.9 Å². The highest BCUT2D eigenvalue weighted by atomic mass is 16.3. The second-order valence-electron chi connectivity index (χ2n) is 6.55. The zero-order valence-electron chi connectivity index (χ0n) is 12.9. The van der Waals surface area contributed by atoms with Crippen LogP contribution in [0.25, 0.3) is 11.0 Å². The molecule has 0 bridgehead atoms. The van der Waals surface area contributed by atoms with Crippen molar-refractivity contribution in [2.45, 2.75) is 45.6 Å². The molecule has 3 atom stereocenters. The SMILES string of the molecule is CCC1CCC(CN)(C(O)c2c(C)oc3ccccc23)C1. The highest BCUT2D eigenvalue weighted by molar-refractivity contribution is 5.82. The van der Waals surface area contributed by atoms with Gasteiger partial charge in [0.25, 0.3) is 0 Å². The Labute approximate surface area is 126 Å². The average molecular weight is 287 g/mol. The number of aryl methyl sites for hydroxylation is 1. The first-order valence-electron chi connectivity index (χ1n) is 7.97. The molecule has 1 saturated carbocycles. The average Bonchev–Trinajstić information content (AvgIpc) is 3.07. The number of aliphatic hydroxyl groups is 1. The van der Waals surface area contributed by atoms with Crippen LogP contribution in [0.2, 0.25) is 0 Å². The number of furan rings is 1. The zero-order valence-corrected chi connectivity index (χ0v) is 12.9. The van der Waals surface area contributed by atoms with Crippen molar-refractivity contribution in [3.8, 4) is 0 Å². The lowest BCUT2D eigenvalue weighted by Crippen LogP contribution is -2.34. The summed E-state index contributed by atoms with van der Waals surface area (Å²) in [6.07, 6.45) is 3.81. The number of para-hydroxylation sites is 1. The van der Waals surface area contributed by atoms with Gasteiger partial charge in [-0.2, -0.15) is 0 Å². The summed E-state index contributed by atoms with van der Waals surface area (Å²) in [5.41, 5.74) is 7.69. The highest BCUT2D eigenvalue weighted by Gasteiger charge is 2.45. The Morgan fingerprint density at radius 2 is 2.19 bits per heavy atom. The molecule has 2 aromatic rings. The summed E-state index contributed by atoms with van der Waals surface area (Å²) in [5, 5.41) is 12.1. The van der Waals surface area contributed by atoms with Gasteiger partial charge < -0.3 is 15.3 Å². The van der Waals surface area contributed by atoms with Crippen LogP contribution in [0.15, 0.2) is 28.7 Å². The van der Waals surface area contributed by atoms with Gasteiger partial charge in [-0.3, -0.25) is 0 Å². The smallest absolute Gasteiger partial charge is 0.134 e. The van der Waals surface area contributed by atoms with Crippen molar-refractivity contribution in [2.24, 2.45) is 17.1 Å². The molecular formula is C18H25NO2. The first-order valence-corrected chi connectivity index (χ1v) is 7.97. The maximum Gasteiger partial charge on any atom is 0.134 e. The largest absolute Gasteiger partial charge is 0.461 e. The van der Waals surface area contributed by atoms with E-state index >= 15 is 0 Å². The predicted molar refractivity (Wildman–Crippen MR) is 85.0 cm³/mol. The van der Waals surface area contributed by atoms with Crippen molar-refractivity contribution in [3.63, 3.8) is 0 Å². The quantitative estimate of drug-likeness (QED) is 0.895. The molecule has 1 aliphatic rings. The van der Waals surface area contributed by atoms with Crippen LogP contribution in [0.4, 0.5) is 0 Å². The minimum atomic E-state index is -0.539. The molecule has 0 saturated heterocycles. The van der Waals surface area contributed by atoms with Gasteiger partial charge in [0.05, 0.1) is 6.10 Å². The number of aliphatic hydroxyl groups excluding tert-OH is 1. The van der Waals surface area contributed by atoms with Crippen molar-refractivity contribution in [1.82, 2.24) is 0 Å². The molecule has 0 radical (unpaired) electrons. The normalized spacial score (nSPS) is 27.3. The van der Waals surface area contributed by atoms with Gasteiger partial charge in [-0.15, -0.1) is 0 Å². The number of fused-ring (bicyclic) bond motifs is 1. The van der Waals surface area contributed by atoms with E-state index in [1.807, 2.05) is 31.2 Å². The van der Waals surface area contributed by atoms with Crippen LogP contribution in [0.3, 0.4) is 0 Å². The van der Waals surface area contributed by atoms with Crippen LogP contribution in [0, 0.1) is 18.3 Å². The van der Waals surface area contributed by atoms with Crippen LogP contribution in [-0.2, 0) is 0 Å². The fourth-order valence-electron chi connectivity index (χ4n) is 4.00. The van der Waals surface area contributed by atoms with Crippen molar-refractivity contribution in [1.29, 1.82) is 0 Å². The summed E-state index contributed by atoms with van der Waals surface area (Å²) >= 11 is 0. The van der Waals surface area contributed by atoms with Gasteiger partial charge in [-0.1, -0.05) is 31.5 Å². The van der Waals surface area contributed by atoms with E-state index in [0.29, 0.717) is 12.5 Å². The lowest BCUT2D eigenvalue weighted by Gasteiger charge is -2.33. The van der Waals surface area contributed by atoms with Crippen molar-refractivity contribution in [3.05, 3.63) is 35.6 Å². The van der Waals surface area contributed by atoms with Gasteiger partial charge in [0.2, 0.25) is 0 Å². The Hall–Kier alpha value is -1.32. The third kappa shape index (κ3) is 2.29. The highest BCUT2D eigenvalue weighted by Crippen LogP contribution is 2.52. The van der Waals surface area contributed by atoms with Crippen LogP contribution in [0.5, 0.6) is 0 Å². The summed E-state index contributed by atoms with van der Waals surface area (Å²) in [6, 6.07) is 7.94. The summed E-state index contributed by atoms with van der Waals surface area (Å²) in [7, 11) is 0. The Bertz CT molecular complexity index is 633. The van der Waals surface area contributed by atoms with E-state index in [9.17, 15) is 5.11 Å². The van der Waals surface area contributed by atoms with E-state index in [2.05, 4.69) is 6.92 Å². The Balaban J connectivity index is 2.03. The van der Waals surface area contributed by atoms with E-state index < -0.39 is 6.10 Å². The molecule has 0 aliphatic heterocycles. The molecule has 3 N–H and O–H groups in total. The van der Waals surface area contributed by atoms with Gasteiger partial charge in [0.15, 0.2) is 0 Å². The van der Waals surface area contributed by atoms with Gasteiger partial charge in [0.1, 0.15) is 11.3 Å². The van der Waals surface area contributed by atoms with E-state index in [1.165, 1.54) is 12.8 Å². The first-order chi connectivity index (χ1) is 10.1. The summed E-state index contributed by atoms with van der Waals surface area (Å²) in [6.45, 7) is 4.70. The topological polar surface area (TPSA) is 59.4 Å². The first kappa shape index (κ1) is 14.6. The molecule has 1 fully saturated rings. The third-order valence-corrected chi connectivity index (χ3v) is 5.40. The van der Waals surface area contributed by atoms with Gasteiger partial charge in [-0.25, -0.2) is 0 Å². The van der Waals surface area contributed by atoms with Gasteiger partial charge in [-0.05, 0) is 38.2 Å². The molecule has 1 aromatic carbocycles. The number of hydrogen-bond donors (Lipinski definition) is 2. The molecule has 3 nitrogen and oxygen atoms in total. The number of rotatable bonds is 4. The van der Waals surface area contributed by atoms with E-state index in [-0.39, 0.29) is 5.41 Å². The molecule has 1 aliphatic carbocycles. The fourth-order valence-corrected chi connectivity index (χ4v) is 4.00. The standard InChI is InChI=1S/C18H25NO2/c1-3-13-8-9-18(10-13,11-19)17(20)16-12(2)21-15-7-5-4-6-14(15)16/h4-7,13,17,20H,3,8-11,19H2,1-2H3. The maximum atomic E-state index is 11.1. The Morgan fingerprint density at radius 1 is 1.43 bits per heavy atom. The molecule has 0 amide bonds. The maximum absolute atomic E-state index is 11.1.